The van der Waals surface area contributed by atoms with E-state index in [-0.39, 0.29) is 38.5 Å². The molecule has 27 unspecified atom stereocenters. The average Bonchev–Trinajstić information content (AvgIpc) is 0.784. The molecule has 698 valence electrons. The molecule has 3 fully saturated rings. The molecular weight excluding hydrogens is 1640 g/mol. The van der Waals surface area contributed by atoms with Crippen LogP contribution in [0.4, 0.5) is 0 Å². The molecule has 0 aromatic heterocycles. The van der Waals surface area contributed by atoms with Crippen LogP contribution in [-0.4, -0.2) is 280 Å². The number of nitrogens with one attached hydrogen (secondary N) is 3. The van der Waals surface area contributed by atoms with Crippen LogP contribution in [0, 0.1) is 23.2 Å². The molecule has 0 aliphatic carbocycles. The first kappa shape index (κ1) is 107. The third-order valence-electron chi connectivity index (χ3n) is 20.0. The van der Waals surface area contributed by atoms with E-state index in [9.17, 15) is 71.9 Å². The number of rotatable bonds is 46. The quantitative estimate of drug-likeness (QED) is 0.0500. The summed E-state index contributed by atoms with van der Waals surface area (Å²) in [7, 11) is 0. The second kappa shape index (κ2) is 50.8. The van der Waals surface area contributed by atoms with E-state index in [0.717, 1.165) is 104 Å². The lowest BCUT2D eigenvalue weighted by molar-refractivity contribution is -0.324. The number of carbonyl (C=O) groups excluding carboxylic acids is 18. The number of carbonyl (C=O) groups is 18. The zero-order chi connectivity index (χ0) is 93.5. The van der Waals surface area contributed by atoms with Crippen molar-refractivity contribution in [3.63, 3.8) is 0 Å². The summed E-state index contributed by atoms with van der Waals surface area (Å²) in [6.07, 6.45) is -42.0. The van der Waals surface area contributed by atoms with Gasteiger partial charge in [0.05, 0.1) is 0 Å². The Bertz CT molecular complexity index is 3290. The third kappa shape index (κ3) is 33.0. The standard InChI is InChI=1S/C80H124N4O39/c1-25-35(7)56(121-77-71(115-50(22)97)65(109-44(16)91)59(103-38(10)85)53(28-4)118-77)62(106-41(13)88)68(112-47(19)94)74(100)82-32-80(31-81,33-83-75(101)69(113-48(20)95)63(107-42(14)89)57(36(8)26-2)122-78-72(116-51(23)98)66(110-45(17)92)60(104-39(11)86)54(29-5)119-78)34-84-76(102)70(114-49(21)96)64(108-43(15)90)58(37(9)27-3)123-79-73(117-52(24)99)67(111-46(18)93)61(105-40(12)87)55(30-6)120-79/h35-37,53-73,77-79H,25-34,81H2,1-24H3,(H,82,100)(H,83,101)(H,84,102). The number of hydrogen-bond donors (Lipinski definition) is 4. The second-order valence-electron chi connectivity index (χ2n) is 30.1. The van der Waals surface area contributed by atoms with Gasteiger partial charge in [0, 0.05) is 135 Å². The van der Waals surface area contributed by atoms with Crippen molar-refractivity contribution < 1.29 is 186 Å². The first-order valence-electron chi connectivity index (χ1n) is 40.5. The summed E-state index contributed by atoms with van der Waals surface area (Å²) in [5.74, 6) is -22.3. The van der Waals surface area contributed by atoms with Crippen LogP contribution >= 0.6 is 0 Å². The fourth-order valence-corrected chi connectivity index (χ4v) is 14.0. The maximum absolute atomic E-state index is 15.6. The predicted molar refractivity (Wildman–Crippen MR) is 414 cm³/mol. The van der Waals surface area contributed by atoms with Crippen molar-refractivity contribution in [2.24, 2.45) is 28.9 Å². The molecule has 43 heteroatoms. The van der Waals surface area contributed by atoms with Gasteiger partial charge in [-0.2, -0.15) is 0 Å². The number of nitrogens with two attached hydrogens (primary N) is 1. The van der Waals surface area contributed by atoms with E-state index in [1.165, 1.54) is 0 Å². The molecule has 123 heavy (non-hydrogen) atoms. The molecule has 3 aliphatic heterocycles. The van der Waals surface area contributed by atoms with E-state index in [1.807, 2.05) is 0 Å². The Morgan fingerprint density at radius 2 is 0.463 bits per heavy atom. The van der Waals surface area contributed by atoms with Gasteiger partial charge in [-0.25, -0.2) is 0 Å². The Labute approximate surface area is 713 Å². The van der Waals surface area contributed by atoms with Gasteiger partial charge in [0.1, 0.15) is 36.6 Å². The molecule has 3 rings (SSSR count). The molecule has 0 saturated carbocycles. The highest BCUT2D eigenvalue weighted by molar-refractivity contribution is 5.87. The maximum atomic E-state index is 15.6. The van der Waals surface area contributed by atoms with Crippen LogP contribution < -0.4 is 21.7 Å². The fourth-order valence-electron chi connectivity index (χ4n) is 14.0. The lowest BCUT2D eigenvalue weighted by Crippen LogP contribution is -2.64. The second-order valence-corrected chi connectivity index (χ2v) is 30.1. The number of amides is 3. The number of ether oxygens (including phenoxy) is 21. The molecule has 0 bridgehead atoms. The van der Waals surface area contributed by atoms with Crippen LogP contribution in [0.15, 0.2) is 0 Å². The van der Waals surface area contributed by atoms with Crippen LogP contribution in [-0.2, 0) is 186 Å². The van der Waals surface area contributed by atoms with E-state index in [4.69, 9.17) is 105 Å². The smallest absolute Gasteiger partial charge is 0.303 e. The van der Waals surface area contributed by atoms with Crippen molar-refractivity contribution in [2.45, 2.75) is 352 Å². The summed E-state index contributed by atoms with van der Waals surface area (Å²) < 4.78 is 125. The lowest BCUT2D eigenvalue weighted by atomic mass is 9.86. The van der Waals surface area contributed by atoms with Gasteiger partial charge < -0.3 is 121 Å². The summed E-state index contributed by atoms with van der Waals surface area (Å²) in [4.78, 5) is 243. The van der Waals surface area contributed by atoms with Crippen molar-refractivity contribution >= 4 is 107 Å². The lowest BCUT2D eigenvalue weighted by Gasteiger charge is -2.46. The van der Waals surface area contributed by atoms with E-state index in [2.05, 4.69) is 16.0 Å². The number of hydrogen-bond acceptors (Lipinski definition) is 40. The molecular formula is C80H124N4O39. The molecule has 3 saturated heterocycles. The third-order valence-corrected chi connectivity index (χ3v) is 20.0. The van der Waals surface area contributed by atoms with Gasteiger partial charge in [-0.15, -0.1) is 0 Å². The minimum absolute atomic E-state index is 0.00809. The highest BCUT2D eigenvalue weighted by Crippen LogP contribution is 2.39. The van der Waals surface area contributed by atoms with Crippen LogP contribution in [0.5, 0.6) is 0 Å². The van der Waals surface area contributed by atoms with E-state index in [1.54, 1.807) is 62.3 Å². The Balaban J connectivity index is 2.55. The van der Waals surface area contributed by atoms with Crippen LogP contribution in [0.2, 0.25) is 0 Å². The van der Waals surface area contributed by atoms with Crippen LogP contribution in [0.1, 0.15) is 205 Å². The Morgan fingerprint density at radius 1 is 0.276 bits per heavy atom. The first-order valence-corrected chi connectivity index (χ1v) is 40.5. The Kier molecular flexibility index (Phi) is 44.4. The topological polar surface area (TPSA) is 563 Å². The van der Waals surface area contributed by atoms with E-state index in [0.29, 0.717) is 0 Å². The molecule has 5 N–H and O–H groups in total. The zero-order valence-electron chi connectivity index (χ0n) is 74.2. The van der Waals surface area contributed by atoms with Crippen molar-refractivity contribution in [3.05, 3.63) is 0 Å². The van der Waals surface area contributed by atoms with E-state index < -0.39 is 304 Å². The van der Waals surface area contributed by atoms with Gasteiger partial charge in [-0.1, -0.05) is 81.6 Å². The molecule has 0 radical (unpaired) electrons. The SMILES string of the molecule is CCC(C)C(OC1OC(CC)C(OC(C)=O)C(OC(C)=O)C1OC(C)=O)C(OC(C)=O)C(OC(C)=O)C(=O)NCC(CN)(CNC(=O)C(OC(C)=O)C(OC(C)=O)C(OC1OC(CC)C(OC(C)=O)C(OC(C)=O)C1OC(C)=O)C(C)CC)CNC(=O)C(OC(C)=O)C(OC(C)=O)C(OC1OC(CC)C(OC(C)=O)C(OC(C)=O)C1OC(C)=O)C(C)CC. The summed E-state index contributed by atoms with van der Waals surface area (Å²) in [5.41, 5.74) is 4.62. The molecule has 0 aromatic rings. The summed E-state index contributed by atoms with van der Waals surface area (Å²) >= 11 is 0. The minimum atomic E-state index is -2.34. The normalized spacial score (nSPS) is 25.8. The molecule has 3 heterocycles. The predicted octanol–water partition coefficient (Wildman–Crippen LogP) is 1.95. The summed E-state index contributed by atoms with van der Waals surface area (Å²) in [6, 6.07) is 0. The zero-order valence-corrected chi connectivity index (χ0v) is 74.2. The molecule has 43 nitrogen and oxygen atoms in total. The van der Waals surface area contributed by atoms with Crippen LogP contribution in [0.3, 0.4) is 0 Å². The van der Waals surface area contributed by atoms with Gasteiger partial charge in [0.25, 0.3) is 17.7 Å². The highest BCUT2D eigenvalue weighted by atomic mass is 16.8. The Hall–Kier alpha value is -9.82. The maximum Gasteiger partial charge on any atom is 0.303 e. The molecule has 3 amide bonds. The van der Waals surface area contributed by atoms with Gasteiger partial charge in [-0.05, 0) is 37.0 Å². The highest BCUT2D eigenvalue weighted by Gasteiger charge is 2.59. The molecule has 3 aliphatic rings. The van der Waals surface area contributed by atoms with Crippen molar-refractivity contribution in [1.29, 1.82) is 0 Å². The molecule has 0 aromatic carbocycles. The number of esters is 15. The first-order chi connectivity index (χ1) is 57.5. The van der Waals surface area contributed by atoms with Crippen molar-refractivity contribution in [2.75, 3.05) is 26.2 Å². The fraction of sp³-hybridized carbons (Fsp3) is 0.775. The van der Waals surface area contributed by atoms with E-state index >= 15 is 14.4 Å². The average molecular weight is 1770 g/mol. The Morgan fingerprint density at radius 3 is 0.626 bits per heavy atom. The molecule has 27 atom stereocenters. The summed E-state index contributed by atoms with van der Waals surface area (Å²) in [5, 5.41) is 7.75. The van der Waals surface area contributed by atoms with Crippen LogP contribution in [0.25, 0.3) is 0 Å². The van der Waals surface area contributed by atoms with Gasteiger partial charge in [0.2, 0.25) is 18.3 Å². The largest absolute Gasteiger partial charge is 0.456 e. The van der Waals surface area contributed by atoms with Crippen molar-refractivity contribution in [1.82, 2.24) is 16.0 Å². The van der Waals surface area contributed by atoms with Gasteiger partial charge >= 0.3 is 89.5 Å². The summed E-state index contributed by atoms with van der Waals surface area (Å²) in [6.45, 7) is 25.2. The monoisotopic (exact) mass is 1760 g/mol. The van der Waals surface area contributed by atoms with Crippen molar-refractivity contribution in [3.8, 4) is 0 Å². The van der Waals surface area contributed by atoms with Gasteiger partial charge in [0.15, 0.2) is 92.1 Å². The molecule has 0 spiro atoms. The minimum Gasteiger partial charge on any atom is -0.456 e. The van der Waals surface area contributed by atoms with Gasteiger partial charge in [-0.3, -0.25) is 86.3 Å².